The van der Waals surface area contributed by atoms with Crippen molar-refractivity contribution in [1.82, 2.24) is 4.98 Å². The fraction of sp³-hybridized carbons (Fsp3) is 0.227. The van der Waals surface area contributed by atoms with Crippen LogP contribution in [-0.2, 0) is 27.8 Å². The Kier molecular flexibility index (Phi) is 7.39. The van der Waals surface area contributed by atoms with Crippen molar-refractivity contribution in [3.63, 3.8) is 0 Å². The van der Waals surface area contributed by atoms with Crippen molar-refractivity contribution in [2.45, 2.75) is 38.0 Å². The first-order valence-electron chi connectivity index (χ1n) is 9.90. The van der Waals surface area contributed by atoms with E-state index in [0.717, 1.165) is 29.0 Å². The van der Waals surface area contributed by atoms with Crippen LogP contribution in [0.2, 0.25) is 0 Å². The predicted molar refractivity (Wildman–Crippen MR) is 124 cm³/mol. The summed E-state index contributed by atoms with van der Waals surface area (Å²) in [5.74, 6) is -0.803. The molecule has 0 radical (unpaired) electrons. The molecule has 10 heteroatoms. The van der Waals surface area contributed by atoms with Crippen LogP contribution in [0.25, 0.3) is 0 Å². The minimum atomic E-state index is -4.52. The number of hydrogen-bond donors (Lipinski definition) is 3. The molecule has 3 aromatic rings. The van der Waals surface area contributed by atoms with E-state index in [9.17, 15) is 22.6 Å². The largest absolute Gasteiger partial charge is 0.322 e. The zero-order chi connectivity index (χ0) is 23.3. The predicted octanol–water partition coefficient (Wildman–Crippen LogP) is 4.14. The number of carbonyl (C=O) groups excluding carboxylic acids is 2. The van der Waals surface area contributed by atoms with Gasteiger partial charge in [0.25, 0.3) is 16.0 Å². The van der Waals surface area contributed by atoms with Gasteiger partial charge in [-0.3, -0.25) is 14.1 Å². The third kappa shape index (κ3) is 6.00. The van der Waals surface area contributed by atoms with Crippen molar-refractivity contribution in [3.05, 3.63) is 70.2 Å². The molecule has 32 heavy (non-hydrogen) atoms. The van der Waals surface area contributed by atoms with Gasteiger partial charge in [-0.2, -0.15) is 8.42 Å². The molecule has 0 aliphatic rings. The summed E-state index contributed by atoms with van der Waals surface area (Å²) in [6.45, 7) is 3.51. The van der Waals surface area contributed by atoms with Gasteiger partial charge in [0.2, 0.25) is 5.91 Å². The number of rotatable bonds is 8. The van der Waals surface area contributed by atoms with E-state index >= 15 is 0 Å². The highest BCUT2D eigenvalue weighted by Gasteiger charge is 2.20. The maximum atomic E-state index is 12.5. The first-order chi connectivity index (χ1) is 15.2. The molecule has 0 bridgehead atoms. The second-order valence-electron chi connectivity index (χ2n) is 7.12. The molecule has 0 fully saturated rings. The summed E-state index contributed by atoms with van der Waals surface area (Å²) < 4.78 is 32.4. The van der Waals surface area contributed by atoms with Gasteiger partial charge >= 0.3 is 0 Å². The SMILES string of the molecule is CCCc1nc(NC(C)=O)sc1Cc1ccc(NC(=O)c2ccccc2S(=O)(=O)O)cc1. The highest BCUT2D eigenvalue weighted by Crippen LogP contribution is 2.27. The van der Waals surface area contributed by atoms with Gasteiger partial charge in [-0.1, -0.05) is 37.6 Å². The lowest BCUT2D eigenvalue weighted by Crippen LogP contribution is -2.16. The number of amides is 2. The van der Waals surface area contributed by atoms with Crippen molar-refractivity contribution in [2.24, 2.45) is 0 Å². The number of hydrogen-bond acceptors (Lipinski definition) is 6. The third-order valence-electron chi connectivity index (χ3n) is 4.53. The van der Waals surface area contributed by atoms with Crippen LogP contribution < -0.4 is 10.6 Å². The Morgan fingerprint density at radius 2 is 1.75 bits per heavy atom. The first kappa shape index (κ1) is 23.6. The maximum Gasteiger partial charge on any atom is 0.295 e. The second-order valence-corrected chi connectivity index (χ2v) is 9.59. The molecule has 168 valence electrons. The quantitative estimate of drug-likeness (QED) is 0.422. The van der Waals surface area contributed by atoms with E-state index in [1.54, 1.807) is 12.1 Å². The Labute approximate surface area is 190 Å². The van der Waals surface area contributed by atoms with Crippen molar-refractivity contribution >= 4 is 44.1 Å². The minimum absolute atomic E-state index is 0.140. The van der Waals surface area contributed by atoms with Crippen LogP contribution in [0.15, 0.2) is 53.4 Å². The summed E-state index contributed by atoms with van der Waals surface area (Å²) in [6.07, 6.45) is 2.38. The second kappa shape index (κ2) is 10.0. The fourth-order valence-corrected chi connectivity index (χ4v) is 4.90. The summed E-state index contributed by atoms with van der Waals surface area (Å²) >= 11 is 1.45. The van der Waals surface area contributed by atoms with Crippen LogP contribution in [0.1, 0.15) is 46.8 Å². The van der Waals surface area contributed by atoms with Gasteiger partial charge < -0.3 is 10.6 Å². The van der Waals surface area contributed by atoms with E-state index in [1.807, 2.05) is 12.1 Å². The molecule has 0 atom stereocenters. The molecule has 0 aliphatic heterocycles. The summed E-state index contributed by atoms with van der Waals surface area (Å²) in [6, 6.07) is 12.6. The van der Waals surface area contributed by atoms with Gasteiger partial charge in [0.05, 0.1) is 11.3 Å². The van der Waals surface area contributed by atoms with Crippen LogP contribution in [0, 0.1) is 0 Å². The molecule has 3 N–H and O–H groups in total. The van der Waals surface area contributed by atoms with Crippen LogP contribution in [-0.4, -0.2) is 29.8 Å². The number of aryl methyl sites for hydroxylation is 1. The Bertz CT molecular complexity index is 1230. The summed E-state index contributed by atoms with van der Waals surface area (Å²) in [4.78, 5) is 29.0. The Balaban J connectivity index is 1.75. The monoisotopic (exact) mass is 473 g/mol. The number of nitrogens with one attached hydrogen (secondary N) is 2. The van der Waals surface area contributed by atoms with Crippen LogP contribution >= 0.6 is 11.3 Å². The maximum absolute atomic E-state index is 12.5. The molecule has 1 heterocycles. The topological polar surface area (TPSA) is 125 Å². The first-order valence-corrected chi connectivity index (χ1v) is 12.2. The Morgan fingerprint density at radius 3 is 2.38 bits per heavy atom. The lowest BCUT2D eigenvalue weighted by Gasteiger charge is -2.09. The average molecular weight is 474 g/mol. The molecular weight excluding hydrogens is 450 g/mol. The number of benzene rings is 2. The summed E-state index contributed by atoms with van der Waals surface area (Å²) in [5.41, 5.74) is 2.30. The normalized spacial score (nSPS) is 11.2. The molecule has 0 saturated carbocycles. The van der Waals surface area contributed by atoms with Gasteiger partial charge in [0.15, 0.2) is 5.13 Å². The van der Waals surface area contributed by atoms with Gasteiger partial charge in [-0.25, -0.2) is 4.98 Å². The van der Waals surface area contributed by atoms with Gasteiger partial charge in [0.1, 0.15) is 4.90 Å². The van der Waals surface area contributed by atoms with E-state index in [1.165, 1.54) is 42.5 Å². The van der Waals surface area contributed by atoms with Crippen LogP contribution in [0.5, 0.6) is 0 Å². The van der Waals surface area contributed by atoms with E-state index in [4.69, 9.17) is 0 Å². The van der Waals surface area contributed by atoms with Crippen molar-refractivity contribution in [2.75, 3.05) is 10.6 Å². The van der Waals surface area contributed by atoms with Crippen molar-refractivity contribution in [3.8, 4) is 0 Å². The fourth-order valence-electron chi connectivity index (χ4n) is 3.13. The number of thiazole rings is 1. The smallest absolute Gasteiger partial charge is 0.295 e. The van der Waals surface area contributed by atoms with E-state index in [2.05, 4.69) is 22.5 Å². The minimum Gasteiger partial charge on any atom is -0.322 e. The lowest BCUT2D eigenvalue weighted by molar-refractivity contribution is -0.114. The van der Waals surface area contributed by atoms with Crippen LogP contribution in [0.3, 0.4) is 0 Å². The molecule has 2 amide bonds. The standard InChI is InChI=1S/C22H23N3O5S2/c1-3-6-18-19(31-22(25-18)23-14(2)26)13-15-9-11-16(12-10-15)24-21(27)17-7-4-5-8-20(17)32(28,29)30/h4-5,7-12H,3,6,13H2,1-2H3,(H,24,27)(H,23,25,26)(H,28,29,30). The summed E-state index contributed by atoms with van der Waals surface area (Å²) in [5, 5.41) is 5.96. The zero-order valence-corrected chi connectivity index (χ0v) is 19.2. The van der Waals surface area contributed by atoms with Gasteiger partial charge in [-0.05, 0) is 36.2 Å². The van der Waals surface area contributed by atoms with E-state index in [0.29, 0.717) is 17.2 Å². The van der Waals surface area contributed by atoms with Crippen molar-refractivity contribution in [1.29, 1.82) is 0 Å². The molecule has 3 rings (SSSR count). The summed E-state index contributed by atoms with van der Waals surface area (Å²) in [7, 11) is -4.52. The highest BCUT2D eigenvalue weighted by molar-refractivity contribution is 7.86. The van der Waals surface area contributed by atoms with Gasteiger partial charge in [-0.15, -0.1) is 11.3 Å². The average Bonchev–Trinajstić information content (AvgIpc) is 3.09. The number of anilines is 2. The molecular formula is C22H23N3O5S2. The van der Waals surface area contributed by atoms with Gasteiger partial charge in [0, 0.05) is 23.9 Å². The number of aromatic nitrogens is 1. The molecule has 0 saturated heterocycles. The Hall–Kier alpha value is -3.08. The van der Waals surface area contributed by atoms with E-state index in [-0.39, 0.29) is 11.5 Å². The van der Waals surface area contributed by atoms with Crippen molar-refractivity contribution < 1.29 is 22.6 Å². The zero-order valence-electron chi connectivity index (χ0n) is 17.6. The molecule has 2 aromatic carbocycles. The number of carbonyl (C=O) groups is 2. The third-order valence-corrected chi connectivity index (χ3v) is 6.46. The van der Waals surface area contributed by atoms with E-state index < -0.39 is 20.9 Å². The molecule has 0 unspecified atom stereocenters. The number of nitrogens with zero attached hydrogens (tertiary/aromatic N) is 1. The van der Waals surface area contributed by atoms with Crippen LogP contribution in [0.4, 0.5) is 10.8 Å². The lowest BCUT2D eigenvalue weighted by atomic mass is 10.1. The molecule has 8 nitrogen and oxygen atoms in total. The molecule has 0 aliphatic carbocycles. The Morgan fingerprint density at radius 1 is 1.06 bits per heavy atom. The highest BCUT2D eigenvalue weighted by atomic mass is 32.2. The molecule has 1 aromatic heterocycles. The molecule has 0 spiro atoms.